The molecule has 21 heavy (non-hydrogen) atoms. The number of benzene rings is 2. The Kier molecular flexibility index (Phi) is 3.65. The number of hydrogen-bond acceptors (Lipinski definition) is 3. The van der Waals surface area contributed by atoms with E-state index in [0.717, 1.165) is 18.4 Å². The summed E-state index contributed by atoms with van der Waals surface area (Å²) in [5.74, 6) is 1.30. The predicted molar refractivity (Wildman–Crippen MR) is 81.4 cm³/mol. The van der Waals surface area contributed by atoms with Crippen LogP contribution in [0.4, 0.5) is 0 Å². The maximum atomic E-state index is 12.9. The first-order chi connectivity index (χ1) is 10.2. The van der Waals surface area contributed by atoms with E-state index in [-0.39, 0.29) is 11.7 Å². The highest BCUT2D eigenvalue weighted by Gasteiger charge is 2.30. The molecule has 0 saturated carbocycles. The summed E-state index contributed by atoms with van der Waals surface area (Å²) in [5, 5.41) is 0. The van der Waals surface area contributed by atoms with Gasteiger partial charge >= 0.3 is 0 Å². The van der Waals surface area contributed by atoms with Crippen molar-refractivity contribution in [3.05, 3.63) is 59.2 Å². The molecule has 0 aliphatic heterocycles. The summed E-state index contributed by atoms with van der Waals surface area (Å²) in [6.07, 6.45) is 1.82. The fourth-order valence-electron chi connectivity index (χ4n) is 3.02. The van der Waals surface area contributed by atoms with Crippen LogP contribution in [-0.2, 0) is 6.42 Å². The van der Waals surface area contributed by atoms with Crippen LogP contribution in [0.5, 0.6) is 11.5 Å². The van der Waals surface area contributed by atoms with Crippen molar-refractivity contribution in [2.24, 2.45) is 0 Å². The first kappa shape index (κ1) is 13.7. The number of carbonyl (C=O) groups is 1. The number of rotatable bonds is 4. The van der Waals surface area contributed by atoms with Crippen LogP contribution >= 0.6 is 0 Å². The largest absolute Gasteiger partial charge is 0.497 e. The first-order valence-corrected chi connectivity index (χ1v) is 7.08. The fourth-order valence-corrected chi connectivity index (χ4v) is 3.02. The van der Waals surface area contributed by atoms with Gasteiger partial charge in [0.25, 0.3) is 0 Å². The molecule has 2 aromatic rings. The van der Waals surface area contributed by atoms with E-state index in [0.29, 0.717) is 17.1 Å². The molecule has 0 aromatic heterocycles. The van der Waals surface area contributed by atoms with E-state index in [1.165, 1.54) is 5.56 Å². The van der Waals surface area contributed by atoms with Crippen LogP contribution in [0.15, 0.2) is 42.5 Å². The molecule has 108 valence electrons. The number of hydrogen-bond donors (Lipinski definition) is 0. The van der Waals surface area contributed by atoms with Crippen molar-refractivity contribution < 1.29 is 14.3 Å². The second kappa shape index (κ2) is 5.60. The van der Waals surface area contributed by atoms with Gasteiger partial charge in [-0.25, -0.2) is 0 Å². The summed E-state index contributed by atoms with van der Waals surface area (Å²) in [6, 6.07) is 13.5. The monoisotopic (exact) mass is 282 g/mol. The van der Waals surface area contributed by atoms with Gasteiger partial charge in [0.05, 0.1) is 19.8 Å². The van der Waals surface area contributed by atoms with E-state index in [1.807, 2.05) is 12.1 Å². The van der Waals surface area contributed by atoms with Crippen molar-refractivity contribution in [1.82, 2.24) is 0 Å². The molecule has 3 nitrogen and oxygen atoms in total. The van der Waals surface area contributed by atoms with Crippen molar-refractivity contribution in [3.63, 3.8) is 0 Å². The van der Waals surface area contributed by atoms with E-state index in [4.69, 9.17) is 9.47 Å². The van der Waals surface area contributed by atoms with E-state index in [9.17, 15) is 4.79 Å². The Morgan fingerprint density at radius 2 is 1.90 bits per heavy atom. The molecule has 0 bridgehead atoms. The molecule has 0 N–H and O–H groups in total. The zero-order valence-electron chi connectivity index (χ0n) is 12.3. The van der Waals surface area contributed by atoms with Gasteiger partial charge in [-0.1, -0.05) is 24.3 Å². The number of Topliss-reactive ketones (excluding diaryl/α,β-unsaturated/α-hetero) is 1. The quantitative estimate of drug-likeness (QED) is 0.803. The Labute approximate surface area is 124 Å². The fraction of sp³-hybridized carbons (Fsp3) is 0.278. The van der Waals surface area contributed by atoms with Gasteiger partial charge in [-0.3, -0.25) is 4.79 Å². The molecule has 1 unspecified atom stereocenters. The summed E-state index contributed by atoms with van der Waals surface area (Å²) in [5.41, 5.74) is 3.02. The van der Waals surface area contributed by atoms with Crippen molar-refractivity contribution >= 4 is 5.78 Å². The Bertz CT molecular complexity index is 676. The van der Waals surface area contributed by atoms with Crippen molar-refractivity contribution in [3.8, 4) is 11.5 Å². The van der Waals surface area contributed by atoms with Crippen molar-refractivity contribution in [2.45, 2.75) is 18.8 Å². The highest BCUT2D eigenvalue weighted by atomic mass is 16.5. The van der Waals surface area contributed by atoms with Crippen LogP contribution in [-0.4, -0.2) is 20.0 Å². The summed E-state index contributed by atoms with van der Waals surface area (Å²) in [6.45, 7) is 0. The number of aryl methyl sites for hydroxylation is 1. The molecule has 0 heterocycles. The number of carbonyl (C=O) groups excluding carboxylic acids is 1. The van der Waals surface area contributed by atoms with Gasteiger partial charge in [0.1, 0.15) is 11.5 Å². The minimum Gasteiger partial charge on any atom is -0.497 e. The SMILES string of the molecule is COc1ccc(OC)c(C(=O)C2CCc3ccccc32)c1. The molecule has 3 heteroatoms. The van der Waals surface area contributed by atoms with Crippen LogP contribution < -0.4 is 9.47 Å². The molecule has 1 aliphatic carbocycles. The maximum absolute atomic E-state index is 12.9. The van der Waals surface area contributed by atoms with Gasteiger partial charge in [0, 0.05) is 5.92 Å². The average Bonchev–Trinajstić information content (AvgIpc) is 2.97. The van der Waals surface area contributed by atoms with Gasteiger partial charge in [0.15, 0.2) is 5.78 Å². The first-order valence-electron chi connectivity index (χ1n) is 7.08. The molecule has 1 aliphatic rings. The normalized spacial score (nSPS) is 16.4. The van der Waals surface area contributed by atoms with E-state index >= 15 is 0 Å². The lowest BCUT2D eigenvalue weighted by Crippen LogP contribution is -2.11. The topological polar surface area (TPSA) is 35.5 Å². The van der Waals surface area contributed by atoms with Crippen molar-refractivity contribution in [1.29, 1.82) is 0 Å². The highest BCUT2D eigenvalue weighted by Crippen LogP contribution is 2.37. The third-order valence-electron chi connectivity index (χ3n) is 4.12. The molecule has 0 amide bonds. The molecular weight excluding hydrogens is 264 g/mol. The Balaban J connectivity index is 2.00. The van der Waals surface area contributed by atoms with Gasteiger partial charge in [-0.2, -0.15) is 0 Å². The molecule has 3 rings (SSSR count). The lowest BCUT2D eigenvalue weighted by molar-refractivity contribution is 0.0956. The maximum Gasteiger partial charge on any atom is 0.174 e. The molecule has 1 atom stereocenters. The van der Waals surface area contributed by atoms with Crippen LogP contribution in [0, 0.1) is 0 Å². The number of methoxy groups -OCH3 is 2. The zero-order valence-corrected chi connectivity index (χ0v) is 12.3. The van der Waals surface area contributed by atoms with Crippen LogP contribution in [0.2, 0.25) is 0 Å². The summed E-state index contributed by atoms with van der Waals surface area (Å²) < 4.78 is 10.6. The van der Waals surface area contributed by atoms with Gasteiger partial charge < -0.3 is 9.47 Å². The third kappa shape index (κ3) is 2.40. The average molecular weight is 282 g/mol. The van der Waals surface area contributed by atoms with E-state index in [2.05, 4.69) is 12.1 Å². The van der Waals surface area contributed by atoms with Crippen LogP contribution in [0.3, 0.4) is 0 Å². The Hall–Kier alpha value is -2.29. The number of ketones is 1. The van der Waals surface area contributed by atoms with Crippen LogP contribution in [0.25, 0.3) is 0 Å². The smallest absolute Gasteiger partial charge is 0.174 e. The van der Waals surface area contributed by atoms with Gasteiger partial charge in [-0.15, -0.1) is 0 Å². The molecule has 0 saturated heterocycles. The van der Waals surface area contributed by atoms with E-state index < -0.39 is 0 Å². The van der Waals surface area contributed by atoms with Gasteiger partial charge in [0.2, 0.25) is 0 Å². The number of fused-ring (bicyclic) bond motifs is 1. The van der Waals surface area contributed by atoms with Crippen molar-refractivity contribution in [2.75, 3.05) is 14.2 Å². The second-order valence-corrected chi connectivity index (χ2v) is 5.22. The molecular formula is C18H18O3. The Morgan fingerprint density at radius 1 is 1.10 bits per heavy atom. The minimum absolute atomic E-state index is 0.0813. The zero-order chi connectivity index (χ0) is 14.8. The second-order valence-electron chi connectivity index (χ2n) is 5.22. The summed E-state index contributed by atoms with van der Waals surface area (Å²) >= 11 is 0. The van der Waals surface area contributed by atoms with Crippen LogP contribution in [0.1, 0.15) is 33.8 Å². The Morgan fingerprint density at radius 3 is 2.67 bits per heavy atom. The van der Waals surface area contributed by atoms with E-state index in [1.54, 1.807) is 32.4 Å². The minimum atomic E-state index is -0.0813. The lowest BCUT2D eigenvalue weighted by Gasteiger charge is -2.14. The molecule has 0 radical (unpaired) electrons. The summed E-state index contributed by atoms with van der Waals surface area (Å²) in [4.78, 5) is 12.9. The summed E-state index contributed by atoms with van der Waals surface area (Å²) in [7, 11) is 3.18. The predicted octanol–water partition coefficient (Wildman–Crippen LogP) is 3.62. The molecule has 2 aromatic carbocycles. The number of ether oxygens (including phenoxy) is 2. The highest BCUT2D eigenvalue weighted by molar-refractivity contribution is 6.04. The molecule has 0 spiro atoms. The molecule has 0 fully saturated rings. The lowest BCUT2D eigenvalue weighted by atomic mass is 9.91. The van der Waals surface area contributed by atoms with Gasteiger partial charge in [-0.05, 0) is 42.2 Å². The standard InChI is InChI=1S/C18H18O3/c1-20-13-8-10-17(21-2)16(11-13)18(19)15-9-7-12-5-3-4-6-14(12)15/h3-6,8,10-11,15H,7,9H2,1-2H3. The third-order valence-corrected chi connectivity index (χ3v) is 4.12.